The maximum absolute atomic E-state index is 4.55. The zero-order valence-electron chi connectivity index (χ0n) is 14.3. The minimum Gasteiger partial charge on any atom is -0.0989 e. The number of allylic oxidation sites excluding steroid dienone is 3. The van der Waals surface area contributed by atoms with Gasteiger partial charge < -0.3 is 0 Å². The zero-order valence-corrected chi connectivity index (χ0v) is 14.3. The minimum absolute atomic E-state index is 0.208. The smallest absolute Gasteiger partial charge is 0.0202 e. The molecule has 24 heavy (non-hydrogen) atoms. The molecule has 1 atom stereocenters. The number of fused-ring (bicyclic) bond motifs is 4. The van der Waals surface area contributed by atoms with Crippen LogP contribution in [0.25, 0.3) is 5.57 Å². The quantitative estimate of drug-likeness (QED) is 0.522. The summed E-state index contributed by atoms with van der Waals surface area (Å²) in [4.78, 5) is 0. The van der Waals surface area contributed by atoms with Crippen molar-refractivity contribution in [3.8, 4) is 0 Å². The van der Waals surface area contributed by atoms with Crippen molar-refractivity contribution in [2.24, 2.45) is 0 Å². The molecule has 0 nitrogen and oxygen atoms in total. The summed E-state index contributed by atoms with van der Waals surface area (Å²) in [5, 5.41) is 0. The Bertz CT molecular complexity index is 867. The molecule has 0 fully saturated rings. The Morgan fingerprint density at radius 2 is 1.50 bits per heavy atom. The highest BCUT2D eigenvalue weighted by Gasteiger charge is 2.43. The molecule has 0 aliphatic heterocycles. The van der Waals surface area contributed by atoms with Crippen LogP contribution >= 0.6 is 0 Å². The normalized spacial score (nSPS) is 25.2. The van der Waals surface area contributed by atoms with Crippen molar-refractivity contribution in [3.63, 3.8) is 0 Å². The van der Waals surface area contributed by atoms with Gasteiger partial charge in [-0.15, -0.1) is 0 Å². The van der Waals surface area contributed by atoms with Gasteiger partial charge in [-0.2, -0.15) is 0 Å². The number of hydrogen-bond donors (Lipinski definition) is 0. The van der Waals surface area contributed by atoms with Crippen molar-refractivity contribution in [1.82, 2.24) is 0 Å². The van der Waals surface area contributed by atoms with Crippen molar-refractivity contribution in [3.05, 3.63) is 88.5 Å². The molecule has 3 aliphatic carbocycles. The van der Waals surface area contributed by atoms with Crippen LogP contribution < -0.4 is 0 Å². The van der Waals surface area contributed by atoms with E-state index >= 15 is 0 Å². The molecule has 5 rings (SSSR count). The van der Waals surface area contributed by atoms with E-state index in [-0.39, 0.29) is 5.41 Å². The van der Waals surface area contributed by atoms with Crippen molar-refractivity contribution < 1.29 is 0 Å². The second-order valence-electron chi connectivity index (χ2n) is 7.76. The average Bonchev–Trinajstić information content (AvgIpc) is 2.65. The number of rotatable bonds is 0. The first-order chi connectivity index (χ1) is 11.8. The Morgan fingerprint density at radius 1 is 0.750 bits per heavy atom. The van der Waals surface area contributed by atoms with Gasteiger partial charge in [0.15, 0.2) is 0 Å². The van der Waals surface area contributed by atoms with Crippen LogP contribution in [-0.4, -0.2) is 0 Å². The molecule has 0 amide bonds. The van der Waals surface area contributed by atoms with E-state index in [0.717, 1.165) is 6.42 Å². The molecule has 0 aromatic heterocycles. The van der Waals surface area contributed by atoms with Gasteiger partial charge in [-0.25, -0.2) is 0 Å². The summed E-state index contributed by atoms with van der Waals surface area (Å²) in [7, 11) is 0. The molecule has 0 heteroatoms. The SMILES string of the molecule is C=C1CCc2ccccc2C12CCC1=C(CCc3ccccc31)C2. The average molecular weight is 312 g/mol. The summed E-state index contributed by atoms with van der Waals surface area (Å²) in [5.41, 5.74) is 11.3. The lowest BCUT2D eigenvalue weighted by Crippen LogP contribution is -2.36. The van der Waals surface area contributed by atoms with Crippen LogP contribution in [0.2, 0.25) is 0 Å². The first kappa shape index (κ1) is 14.3. The van der Waals surface area contributed by atoms with Crippen LogP contribution in [0.15, 0.2) is 66.3 Å². The van der Waals surface area contributed by atoms with Crippen LogP contribution in [0.4, 0.5) is 0 Å². The van der Waals surface area contributed by atoms with Crippen molar-refractivity contribution in [1.29, 1.82) is 0 Å². The fourth-order valence-corrected chi connectivity index (χ4v) is 5.41. The van der Waals surface area contributed by atoms with Crippen LogP contribution in [0.5, 0.6) is 0 Å². The highest BCUT2D eigenvalue weighted by atomic mass is 14.5. The van der Waals surface area contributed by atoms with Gasteiger partial charge in [-0.1, -0.05) is 66.3 Å². The molecular weight excluding hydrogens is 288 g/mol. The van der Waals surface area contributed by atoms with Gasteiger partial charge in [0.1, 0.15) is 0 Å². The summed E-state index contributed by atoms with van der Waals surface area (Å²) in [6.45, 7) is 4.55. The number of hydrogen-bond acceptors (Lipinski definition) is 0. The molecule has 0 radical (unpaired) electrons. The third-order valence-electron chi connectivity index (χ3n) is 6.69. The summed E-state index contributed by atoms with van der Waals surface area (Å²) >= 11 is 0. The molecule has 3 aliphatic rings. The lowest BCUT2D eigenvalue weighted by molar-refractivity contribution is 0.409. The molecule has 2 aromatic carbocycles. The Balaban J connectivity index is 1.63. The topological polar surface area (TPSA) is 0 Å². The summed E-state index contributed by atoms with van der Waals surface area (Å²) in [6, 6.07) is 18.2. The lowest BCUT2D eigenvalue weighted by Gasteiger charge is -2.46. The van der Waals surface area contributed by atoms with Crippen molar-refractivity contribution in [2.75, 3.05) is 0 Å². The van der Waals surface area contributed by atoms with E-state index in [4.69, 9.17) is 0 Å². The van der Waals surface area contributed by atoms with Gasteiger partial charge in [0.05, 0.1) is 0 Å². The van der Waals surface area contributed by atoms with E-state index < -0.39 is 0 Å². The monoisotopic (exact) mass is 312 g/mol. The molecule has 1 unspecified atom stereocenters. The molecule has 120 valence electrons. The van der Waals surface area contributed by atoms with Crippen molar-refractivity contribution >= 4 is 5.57 Å². The largest absolute Gasteiger partial charge is 0.0989 e. The maximum atomic E-state index is 4.55. The van der Waals surface area contributed by atoms with E-state index in [2.05, 4.69) is 55.1 Å². The van der Waals surface area contributed by atoms with E-state index in [9.17, 15) is 0 Å². The first-order valence-electron chi connectivity index (χ1n) is 9.34. The maximum Gasteiger partial charge on any atom is 0.0202 e. The third kappa shape index (κ3) is 1.92. The fourth-order valence-electron chi connectivity index (χ4n) is 5.41. The molecule has 1 spiro atoms. The molecule has 0 N–H and O–H groups in total. The Hall–Kier alpha value is -2.08. The molecule has 0 saturated carbocycles. The fraction of sp³-hybridized carbons (Fsp3) is 0.333. The van der Waals surface area contributed by atoms with Crippen molar-refractivity contribution in [2.45, 2.75) is 50.4 Å². The van der Waals surface area contributed by atoms with E-state index in [0.29, 0.717) is 0 Å². The first-order valence-corrected chi connectivity index (χ1v) is 9.34. The van der Waals surface area contributed by atoms with Gasteiger partial charge in [-0.05, 0) is 72.8 Å². The number of aryl methyl sites for hydroxylation is 2. The van der Waals surface area contributed by atoms with Gasteiger partial charge in [0.25, 0.3) is 0 Å². The molecule has 0 heterocycles. The minimum atomic E-state index is 0.208. The van der Waals surface area contributed by atoms with Gasteiger partial charge >= 0.3 is 0 Å². The van der Waals surface area contributed by atoms with Crippen LogP contribution in [-0.2, 0) is 18.3 Å². The van der Waals surface area contributed by atoms with Crippen LogP contribution in [0, 0.1) is 0 Å². The summed E-state index contributed by atoms with van der Waals surface area (Å²) < 4.78 is 0. The van der Waals surface area contributed by atoms with Crippen LogP contribution in [0.3, 0.4) is 0 Å². The standard InChI is InChI=1S/C24H24/c1-17-10-11-19-7-3-5-9-23(19)24(17)15-14-22-20(16-24)13-12-18-6-2-4-8-21(18)22/h2-9H,1,10-16H2. The summed E-state index contributed by atoms with van der Waals surface area (Å²) in [5.74, 6) is 0. The Kier molecular flexibility index (Phi) is 3.10. The predicted molar refractivity (Wildman–Crippen MR) is 101 cm³/mol. The number of benzene rings is 2. The van der Waals surface area contributed by atoms with E-state index in [1.54, 1.807) is 27.8 Å². The second-order valence-corrected chi connectivity index (χ2v) is 7.76. The third-order valence-corrected chi connectivity index (χ3v) is 6.69. The predicted octanol–water partition coefficient (Wildman–Crippen LogP) is 6.01. The lowest BCUT2D eigenvalue weighted by atomic mass is 9.57. The Morgan fingerprint density at radius 3 is 2.42 bits per heavy atom. The van der Waals surface area contributed by atoms with Gasteiger partial charge in [0, 0.05) is 5.41 Å². The van der Waals surface area contributed by atoms with E-state index in [1.807, 2.05) is 0 Å². The van der Waals surface area contributed by atoms with Gasteiger partial charge in [-0.3, -0.25) is 0 Å². The molecule has 2 aromatic rings. The molecule has 0 bridgehead atoms. The highest BCUT2D eigenvalue weighted by Crippen LogP contribution is 2.54. The zero-order chi connectivity index (χ0) is 16.1. The molecular formula is C24H24. The van der Waals surface area contributed by atoms with Gasteiger partial charge in [0.2, 0.25) is 0 Å². The summed E-state index contributed by atoms with van der Waals surface area (Å²) in [6.07, 6.45) is 8.42. The second kappa shape index (κ2) is 5.21. The Labute approximate surface area is 144 Å². The van der Waals surface area contributed by atoms with Crippen LogP contribution in [0.1, 0.15) is 54.4 Å². The van der Waals surface area contributed by atoms with E-state index in [1.165, 1.54) is 49.7 Å². The molecule has 0 saturated heterocycles. The highest BCUT2D eigenvalue weighted by molar-refractivity contribution is 5.75.